The molecule has 0 aromatic heterocycles. The Labute approximate surface area is 84.3 Å². The van der Waals surface area contributed by atoms with E-state index in [-0.39, 0.29) is 6.54 Å². The lowest BCUT2D eigenvalue weighted by Gasteiger charge is -2.07. The normalized spacial score (nSPS) is 15.4. The first kappa shape index (κ1) is 13.8. The van der Waals surface area contributed by atoms with E-state index in [9.17, 15) is 16.8 Å². The van der Waals surface area contributed by atoms with E-state index in [2.05, 4.69) is 4.72 Å². The highest BCUT2D eigenvalue weighted by molar-refractivity contribution is 7.93. The Morgan fingerprint density at radius 1 is 1.21 bits per heavy atom. The van der Waals surface area contributed by atoms with Crippen molar-refractivity contribution in [2.24, 2.45) is 0 Å². The van der Waals surface area contributed by atoms with Gasteiger partial charge in [0.05, 0.1) is 17.6 Å². The van der Waals surface area contributed by atoms with Crippen LogP contribution in [0.2, 0.25) is 0 Å². The molecule has 14 heavy (non-hydrogen) atoms. The van der Waals surface area contributed by atoms with E-state index in [1.807, 2.05) is 0 Å². The lowest BCUT2D eigenvalue weighted by molar-refractivity contribution is 0.198. The monoisotopic (exact) mass is 245 g/mol. The number of aliphatic hydroxyl groups excluding tert-OH is 1. The summed E-state index contributed by atoms with van der Waals surface area (Å²) in [6, 6.07) is 0. The van der Waals surface area contributed by atoms with Crippen molar-refractivity contribution in [3.63, 3.8) is 0 Å². The summed E-state index contributed by atoms with van der Waals surface area (Å²) in [6.07, 6.45) is 0.181. The van der Waals surface area contributed by atoms with Crippen LogP contribution in [0, 0.1) is 0 Å². The Balaban J connectivity index is 4.10. The second-order valence-electron chi connectivity index (χ2n) is 3.15. The predicted octanol–water partition coefficient (Wildman–Crippen LogP) is -1.67. The summed E-state index contributed by atoms with van der Waals surface area (Å²) < 4.78 is 45.6. The Kier molecular flexibility index (Phi) is 4.99. The van der Waals surface area contributed by atoms with Gasteiger partial charge in [-0.25, -0.2) is 21.6 Å². The highest BCUT2D eigenvalue weighted by atomic mass is 32.2. The van der Waals surface area contributed by atoms with Gasteiger partial charge in [0, 0.05) is 12.8 Å². The van der Waals surface area contributed by atoms with Gasteiger partial charge in [-0.2, -0.15) is 0 Å². The van der Waals surface area contributed by atoms with Crippen molar-refractivity contribution in [1.82, 2.24) is 4.72 Å². The van der Waals surface area contributed by atoms with E-state index >= 15 is 0 Å². The lowest BCUT2D eigenvalue weighted by Crippen LogP contribution is -2.34. The molecule has 0 amide bonds. The van der Waals surface area contributed by atoms with Gasteiger partial charge in [-0.05, 0) is 6.92 Å². The molecular formula is C6H15NO5S2. The standard InChI is InChI=1S/C6H15NO5S2/c1-6(8)5-7-14(11,12)4-3-13(2,9)10/h6-8H,3-5H2,1-2H3/t6-/m0/s1. The van der Waals surface area contributed by atoms with Gasteiger partial charge >= 0.3 is 0 Å². The summed E-state index contributed by atoms with van der Waals surface area (Å²) >= 11 is 0. The maximum Gasteiger partial charge on any atom is 0.212 e. The summed E-state index contributed by atoms with van der Waals surface area (Å²) in [5.74, 6) is -0.888. The number of nitrogens with one attached hydrogen (secondary N) is 1. The van der Waals surface area contributed by atoms with E-state index in [0.29, 0.717) is 0 Å². The van der Waals surface area contributed by atoms with E-state index in [4.69, 9.17) is 5.11 Å². The number of hydrogen-bond acceptors (Lipinski definition) is 5. The second-order valence-corrected chi connectivity index (χ2v) is 7.33. The Morgan fingerprint density at radius 3 is 2.07 bits per heavy atom. The lowest BCUT2D eigenvalue weighted by atomic mass is 10.4. The zero-order valence-corrected chi connectivity index (χ0v) is 9.73. The molecule has 8 heteroatoms. The van der Waals surface area contributed by atoms with Gasteiger partial charge in [0.1, 0.15) is 9.84 Å². The third-order valence-electron chi connectivity index (χ3n) is 1.32. The molecule has 0 unspecified atom stereocenters. The molecule has 0 rings (SSSR count). The number of hydrogen-bond donors (Lipinski definition) is 2. The van der Waals surface area contributed by atoms with Crippen molar-refractivity contribution < 1.29 is 21.9 Å². The van der Waals surface area contributed by atoms with Crippen LogP contribution in [0.1, 0.15) is 6.92 Å². The van der Waals surface area contributed by atoms with Crippen LogP contribution >= 0.6 is 0 Å². The van der Waals surface area contributed by atoms with Gasteiger partial charge in [-0.15, -0.1) is 0 Å². The first-order chi connectivity index (χ1) is 6.12. The van der Waals surface area contributed by atoms with Gasteiger partial charge in [0.2, 0.25) is 10.0 Å². The summed E-state index contributed by atoms with van der Waals surface area (Å²) in [7, 11) is -6.88. The van der Waals surface area contributed by atoms with Gasteiger partial charge in [0.25, 0.3) is 0 Å². The first-order valence-electron chi connectivity index (χ1n) is 3.95. The molecule has 86 valence electrons. The van der Waals surface area contributed by atoms with Gasteiger partial charge in [-0.3, -0.25) is 0 Å². The van der Waals surface area contributed by atoms with Gasteiger partial charge in [-0.1, -0.05) is 0 Å². The SMILES string of the molecule is C[C@H](O)CNS(=O)(=O)CCS(C)(=O)=O. The van der Waals surface area contributed by atoms with Crippen molar-refractivity contribution in [3.8, 4) is 0 Å². The molecule has 2 N–H and O–H groups in total. The zero-order chi connectivity index (χ0) is 11.4. The molecule has 0 saturated heterocycles. The molecule has 0 aromatic rings. The van der Waals surface area contributed by atoms with Crippen LogP contribution in [0.25, 0.3) is 0 Å². The van der Waals surface area contributed by atoms with Crippen molar-refractivity contribution in [3.05, 3.63) is 0 Å². The molecule has 0 fully saturated rings. The van der Waals surface area contributed by atoms with Crippen LogP contribution in [0.5, 0.6) is 0 Å². The van der Waals surface area contributed by atoms with E-state index < -0.39 is 37.5 Å². The maximum atomic E-state index is 11.1. The fourth-order valence-electron chi connectivity index (χ4n) is 0.581. The molecule has 0 heterocycles. The van der Waals surface area contributed by atoms with Crippen LogP contribution < -0.4 is 4.72 Å². The average Bonchev–Trinajstić information content (AvgIpc) is 1.97. The quantitative estimate of drug-likeness (QED) is 0.583. The molecule has 0 bridgehead atoms. The molecule has 0 aliphatic rings. The molecule has 0 spiro atoms. The van der Waals surface area contributed by atoms with E-state index in [1.165, 1.54) is 6.92 Å². The molecule has 0 aromatic carbocycles. The Bertz CT molecular complexity index is 356. The second kappa shape index (κ2) is 5.06. The van der Waals surface area contributed by atoms with Gasteiger partial charge in [0.15, 0.2) is 0 Å². The van der Waals surface area contributed by atoms with Crippen LogP contribution in [-0.4, -0.2) is 52.4 Å². The average molecular weight is 245 g/mol. The van der Waals surface area contributed by atoms with E-state index in [0.717, 1.165) is 6.26 Å². The fraction of sp³-hybridized carbons (Fsp3) is 1.00. The minimum Gasteiger partial charge on any atom is -0.392 e. The van der Waals surface area contributed by atoms with Crippen LogP contribution in [0.3, 0.4) is 0 Å². The summed E-state index contributed by atoms with van der Waals surface area (Å²) in [6.45, 7) is 1.32. The van der Waals surface area contributed by atoms with Crippen molar-refractivity contribution in [2.75, 3.05) is 24.3 Å². The van der Waals surface area contributed by atoms with Gasteiger partial charge < -0.3 is 5.11 Å². The highest BCUT2D eigenvalue weighted by Gasteiger charge is 2.14. The molecule has 0 saturated carbocycles. The minimum absolute atomic E-state index is 0.105. The summed E-state index contributed by atoms with van der Waals surface area (Å²) in [5.41, 5.74) is 0. The number of rotatable bonds is 6. The number of aliphatic hydroxyl groups is 1. The summed E-state index contributed by atoms with van der Waals surface area (Å²) in [4.78, 5) is 0. The van der Waals surface area contributed by atoms with Crippen molar-refractivity contribution >= 4 is 19.9 Å². The van der Waals surface area contributed by atoms with Crippen molar-refractivity contribution in [1.29, 1.82) is 0 Å². The third-order valence-corrected chi connectivity index (χ3v) is 3.87. The smallest absolute Gasteiger partial charge is 0.212 e. The molecule has 0 aliphatic carbocycles. The minimum atomic E-state index is -3.60. The molecular weight excluding hydrogens is 230 g/mol. The predicted molar refractivity (Wildman–Crippen MR) is 53.2 cm³/mol. The fourth-order valence-corrected chi connectivity index (χ4v) is 3.31. The van der Waals surface area contributed by atoms with Crippen molar-refractivity contribution in [2.45, 2.75) is 13.0 Å². The highest BCUT2D eigenvalue weighted by Crippen LogP contribution is 1.90. The Morgan fingerprint density at radius 2 is 1.71 bits per heavy atom. The maximum absolute atomic E-state index is 11.1. The number of sulfone groups is 1. The summed E-state index contributed by atoms with van der Waals surface area (Å²) in [5, 5.41) is 8.80. The largest absolute Gasteiger partial charge is 0.392 e. The van der Waals surface area contributed by atoms with Crippen LogP contribution in [0.15, 0.2) is 0 Å². The van der Waals surface area contributed by atoms with Crippen LogP contribution in [-0.2, 0) is 19.9 Å². The molecule has 1 atom stereocenters. The third kappa shape index (κ3) is 8.42. The zero-order valence-electron chi connectivity index (χ0n) is 8.10. The van der Waals surface area contributed by atoms with E-state index in [1.54, 1.807) is 0 Å². The molecule has 0 radical (unpaired) electrons. The van der Waals surface area contributed by atoms with Crippen LogP contribution in [0.4, 0.5) is 0 Å². The molecule has 6 nitrogen and oxygen atoms in total. The Hall–Kier alpha value is -0.180. The number of sulfonamides is 1. The topological polar surface area (TPSA) is 101 Å². The first-order valence-corrected chi connectivity index (χ1v) is 7.67. The molecule has 0 aliphatic heterocycles.